The highest BCUT2D eigenvalue weighted by Gasteiger charge is 2.57. The molecule has 1 nitrogen and oxygen atoms in total. The molecule has 0 spiro atoms. The Morgan fingerprint density at radius 1 is 1.00 bits per heavy atom. The molecule has 4 saturated carbocycles. The van der Waals surface area contributed by atoms with Gasteiger partial charge >= 0.3 is 0 Å². The second-order valence-electron chi connectivity index (χ2n) is 10.0. The van der Waals surface area contributed by atoms with E-state index in [2.05, 4.69) is 33.8 Å². The van der Waals surface area contributed by atoms with Crippen LogP contribution in [-0.4, -0.2) is 10.7 Å². The third-order valence-corrected chi connectivity index (χ3v) is 8.86. The molecule has 0 heterocycles. The van der Waals surface area contributed by atoms with Crippen LogP contribution in [0.4, 0.5) is 0 Å². The summed E-state index contributed by atoms with van der Waals surface area (Å²) in [5.41, 5.74) is 1.89. The van der Waals surface area contributed by atoms with E-state index in [4.69, 9.17) is 0 Å². The van der Waals surface area contributed by atoms with Gasteiger partial charge in [-0.25, -0.2) is 0 Å². The molecule has 1 heteroatoms. The Labute approximate surface area is 142 Å². The summed E-state index contributed by atoms with van der Waals surface area (Å²) >= 11 is 0. The summed E-state index contributed by atoms with van der Waals surface area (Å²) < 4.78 is 0. The Bertz CT molecular complexity index is 504. The third-order valence-electron chi connectivity index (χ3n) is 8.86. The van der Waals surface area contributed by atoms with Crippen LogP contribution >= 0.6 is 0 Å². The molecule has 1 unspecified atom stereocenters. The molecule has 0 saturated heterocycles. The van der Waals surface area contributed by atoms with Gasteiger partial charge in [0.2, 0.25) is 0 Å². The lowest BCUT2D eigenvalue weighted by Gasteiger charge is -2.58. The van der Waals surface area contributed by atoms with Gasteiger partial charge in [-0.1, -0.05) is 25.5 Å². The summed E-state index contributed by atoms with van der Waals surface area (Å²) in [6.45, 7) is 9.42. The van der Waals surface area contributed by atoms with Crippen molar-refractivity contribution in [2.24, 2.45) is 40.9 Å². The Hall–Kier alpha value is -0.300. The van der Waals surface area contributed by atoms with Crippen molar-refractivity contribution in [2.75, 3.05) is 0 Å². The van der Waals surface area contributed by atoms with Crippen LogP contribution in [0.15, 0.2) is 11.6 Å². The molecule has 8 atom stereocenters. The maximum atomic E-state index is 10.6. The molecule has 1 N–H and O–H groups in total. The largest absolute Gasteiger partial charge is 0.390 e. The van der Waals surface area contributed by atoms with Crippen LogP contribution in [0.25, 0.3) is 0 Å². The van der Waals surface area contributed by atoms with Crippen molar-refractivity contribution in [1.82, 2.24) is 0 Å². The van der Waals surface area contributed by atoms with Crippen LogP contribution in [0.2, 0.25) is 0 Å². The SMILES string of the molecule is CC=C1CC[C@H]2[C@@H]3C[C@@H](C)[C@H]4CC(C)(O)CC[C@@H]4[C@H]3CC[C@]12C. The quantitative estimate of drug-likeness (QED) is 0.578. The standard InChI is InChI=1S/C22H36O/c1-5-15-6-7-20-18-12-14(2)19-13-21(3,23)10-8-17(19)16(18)9-11-22(15,20)4/h5,14,16-20,23H,6-13H2,1-4H3/t14-,16-,17-,18-,19-,20+,21?,22-/m1/s1. The van der Waals surface area contributed by atoms with E-state index < -0.39 is 5.60 Å². The normalized spacial score (nSPS) is 57.7. The zero-order valence-electron chi connectivity index (χ0n) is 15.6. The number of aliphatic hydroxyl groups is 1. The topological polar surface area (TPSA) is 20.2 Å². The monoisotopic (exact) mass is 316 g/mol. The van der Waals surface area contributed by atoms with Crippen molar-refractivity contribution in [2.45, 2.75) is 84.7 Å². The van der Waals surface area contributed by atoms with Gasteiger partial charge in [0.15, 0.2) is 0 Å². The number of allylic oxidation sites excluding steroid dienone is 2. The average Bonchev–Trinajstić information content (AvgIpc) is 2.84. The fourth-order valence-electron chi connectivity index (χ4n) is 7.72. The van der Waals surface area contributed by atoms with Crippen LogP contribution in [-0.2, 0) is 0 Å². The van der Waals surface area contributed by atoms with Crippen LogP contribution in [0.3, 0.4) is 0 Å². The first-order valence-electron chi connectivity index (χ1n) is 10.2. The van der Waals surface area contributed by atoms with Gasteiger partial charge in [-0.2, -0.15) is 0 Å². The second kappa shape index (κ2) is 5.35. The molecule has 0 bridgehead atoms. The minimum absolute atomic E-state index is 0.392. The van der Waals surface area contributed by atoms with E-state index in [0.29, 0.717) is 5.41 Å². The molecule has 4 aliphatic carbocycles. The molecular formula is C22H36O. The summed E-state index contributed by atoms with van der Waals surface area (Å²) in [4.78, 5) is 0. The van der Waals surface area contributed by atoms with E-state index in [1.807, 2.05) is 0 Å². The predicted molar refractivity (Wildman–Crippen MR) is 96.0 cm³/mol. The molecule has 0 aromatic carbocycles. The van der Waals surface area contributed by atoms with Crippen LogP contribution in [0, 0.1) is 40.9 Å². The smallest absolute Gasteiger partial charge is 0.0622 e. The first-order chi connectivity index (χ1) is 10.9. The van der Waals surface area contributed by atoms with Crippen molar-refractivity contribution < 1.29 is 5.11 Å². The average molecular weight is 317 g/mol. The summed E-state index contributed by atoms with van der Waals surface area (Å²) in [5.74, 6) is 5.37. The number of fused-ring (bicyclic) bond motifs is 5. The number of hydrogen-bond acceptors (Lipinski definition) is 1. The molecule has 0 amide bonds. The zero-order valence-corrected chi connectivity index (χ0v) is 15.6. The Balaban J connectivity index is 1.61. The van der Waals surface area contributed by atoms with Crippen molar-refractivity contribution in [1.29, 1.82) is 0 Å². The fraction of sp³-hybridized carbons (Fsp3) is 0.909. The number of rotatable bonds is 0. The van der Waals surface area contributed by atoms with E-state index in [1.54, 1.807) is 5.57 Å². The van der Waals surface area contributed by atoms with Crippen molar-refractivity contribution in [3.63, 3.8) is 0 Å². The van der Waals surface area contributed by atoms with Gasteiger partial charge in [-0.05, 0) is 106 Å². The van der Waals surface area contributed by atoms with E-state index >= 15 is 0 Å². The lowest BCUT2D eigenvalue weighted by Crippen LogP contribution is -2.52. The van der Waals surface area contributed by atoms with Crippen LogP contribution in [0.5, 0.6) is 0 Å². The van der Waals surface area contributed by atoms with Crippen molar-refractivity contribution in [3.8, 4) is 0 Å². The van der Waals surface area contributed by atoms with E-state index in [1.165, 1.54) is 38.5 Å². The molecule has 0 aromatic rings. The molecule has 4 aliphatic rings. The van der Waals surface area contributed by atoms with Crippen LogP contribution in [0.1, 0.15) is 79.1 Å². The molecule has 4 rings (SSSR count). The van der Waals surface area contributed by atoms with Gasteiger partial charge in [0.05, 0.1) is 5.60 Å². The van der Waals surface area contributed by atoms with E-state index in [9.17, 15) is 5.11 Å². The van der Waals surface area contributed by atoms with Gasteiger partial charge in [0, 0.05) is 0 Å². The molecular weight excluding hydrogens is 280 g/mol. The second-order valence-corrected chi connectivity index (χ2v) is 10.0. The number of hydrogen-bond donors (Lipinski definition) is 1. The van der Waals surface area contributed by atoms with Crippen LogP contribution < -0.4 is 0 Å². The van der Waals surface area contributed by atoms with Crippen molar-refractivity contribution in [3.05, 3.63) is 11.6 Å². The Morgan fingerprint density at radius 3 is 2.43 bits per heavy atom. The van der Waals surface area contributed by atoms with Crippen molar-refractivity contribution >= 4 is 0 Å². The zero-order chi connectivity index (χ0) is 16.4. The molecule has 130 valence electrons. The first-order valence-corrected chi connectivity index (χ1v) is 10.2. The highest BCUT2D eigenvalue weighted by Crippen LogP contribution is 2.65. The third kappa shape index (κ3) is 2.36. The van der Waals surface area contributed by atoms with Gasteiger partial charge in [-0.15, -0.1) is 0 Å². The summed E-state index contributed by atoms with van der Waals surface area (Å²) in [6, 6.07) is 0. The van der Waals surface area contributed by atoms with E-state index in [0.717, 1.165) is 48.3 Å². The highest BCUT2D eigenvalue weighted by molar-refractivity contribution is 5.23. The Kier molecular flexibility index (Phi) is 3.76. The summed E-state index contributed by atoms with van der Waals surface area (Å²) in [7, 11) is 0. The summed E-state index contributed by atoms with van der Waals surface area (Å²) in [5, 5.41) is 10.6. The van der Waals surface area contributed by atoms with E-state index in [-0.39, 0.29) is 0 Å². The minimum atomic E-state index is -0.392. The molecule has 0 aliphatic heterocycles. The lowest BCUT2D eigenvalue weighted by atomic mass is 9.47. The molecule has 0 aromatic heterocycles. The summed E-state index contributed by atoms with van der Waals surface area (Å²) in [6.07, 6.45) is 12.9. The first kappa shape index (κ1) is 16.2. The van der Waals surface area contributed by atoms with Gasteiger partial charge < -0.3 is 5.11 Å². The lowest BCUT2D eigenvalue weighted by molar-refractivity contribution is -0.110. The maximum absolute atomic E-state index is 10.6. The maximum Gasteiger partial charge on any atom is 0.0622 e. The van der Waals surface area contributed by atoms with Gasteiger partial charge in [0.1, 0.15) is 0 Å². The fourth-order valence-corrected chi connectivity index (χ4v) is 7.72. The predicted octanol–water partition coefficient (Wildman–Crippen LogP) is 5.58. The minimum Gasteiger partial charge on any atom is -0.390 e. The molecule has 23 heavy (non-hydrogen) atoms. The highest BCUT2D eigenvalue weighted by atomic mass is 16.3. The molecule has 0 radical (unpaired) electrons. The van der Waals surface area contributed by atoms with Gasteiger partial charge in [0.25, 0.3) is 0 Å². The molecule has 4 fully saturated rings. The Morgan fingerprint density at radius 2 is 1.70 bits per heavy atom. The van der Waals surface area contributed by atoms with Gasteiger partial charge in [-0.3, -0.25) is 0 Å².